The molecule has 1 saturated heterocycles. The van der Waals surface area contributed by atoms with Gasteiger partial charge in [0.1, 0.15) is 5.76 Å². The molecule has 3 heteroatoms. The summed E-state index contributed by atoms with van der Waals surface area (Å²) in [5.74, 6) is 0.926. The quantitative estimate of drug-likeness (QED) is 0.674. The van der Waals surface area contributed by atoms with Crippen LogP contribution in [0.25, 0.3) is 0 Å². The average molecular weight is 194 g/mol. The Bertz CT molecular complexity index is 272. The van der Waals surface area contributed by atoms with Crippen molar-refractivity contribution in [1.29, 1.82) is 0 Å². The Morgan fingerprint density at radius 1 is 1.43 bits per heavy atom. The molecule has 14 heavy (non-hydrogen) atoms. The van der Waals surface area contributed by atoms with Crippen molar-refractivity contribution < 1.29 is 14.3 Å². The van der Waals surface area contributed by atoms with E-state index in [-0.39, 0.29) is 12.1 Å². The van der Waals surface area contributed by atoms with Gasteiger partial charge >= 0.3 is 0 Å². The molecule has 0 radical (unpaired) electrons. The fourth-order valence-corrected chi connectivity index (χ4v) is 1.56. The van der Waals surface area contributed by atoms with Crippen molar-refractivity contribution in [1.82, 2.24) is 0 Å². The second-order valence-corrected chi connectivity index (χ2v) is 3.51. The monoisotopic (exact) mass is 194 g/mol. The van der Waals surface area contributed by atoms with E-state index in [0.717, 1.165) is 31.6 Å². The van der Waals surface area contributed by atoms with Crippen LogP contribution in [0.1, 0.15) is 25.7 Å². The third-order valence-corrected chi connectivity index (χ3v) is 2.33. The first-order valence-electron chi connectivity index (χ1n) is 5.04. The standard InChI is InChI=1S/C11H14O3/c12-9-3-1-4-10(7-6-9)14-11-5-2-8-13-11/h4,6-7,11H,1-3,5,8H2. The molecule has 1 atom stereocenters. The third-order valence-electron chi connectivity index (χ3n) is 2.33. The van der Waals surface area contributed by atoms with Crippen LogP contribution in [-0.4, -0.2) is 18.7 Å². The minimum absolute atomic E-state index is 0.112. The smallest absolute Gasteiger partial charge is 0.199 e. The van der Waals surface area contributed by atoms with Crippen LogP contribution in [0.4, 0.5) is 0 Å². The van der Waals surface area contributed by atoms with Gasteiger partial charge in [-0.25, -0.2) is 0 Å². The zero-order valence-corrected chi connectivity index (χ0v) is 8.07. The zero-order valence-electron chi connectivity index (χ0n) is 8.07. The lowest BCUT2D eigenvalue weighted by atomic mass is 10.2. The number of allylic oxidation sites excluding steroid dienone is 3. The molecule has 0 bridgehead atoms. The number of hydrogen-bond acceptors (Lipinski definition) is 3. The van der Waals surface area contributed by atoms with Crippen LogP contribution in [-0.2, 0) is 14.3 Å². The van der Waals surface area contributed by atoms with Gasteiger partial charge < -0.3 is 9.47 Å². The van der Waals surface area contributed by atoms with Crippen LogP contribution in [0.2, 0.25) is 0 Å². The first kappa shape index (κ1) is 9.46. The molecule has 0 saturated carbocycles. The van der Waals surface area contributed by atoms with Gasteiger partial charge in [-0.15, -0.1) is 0 Å². The first-order valence-corrected chi connectivity index (χ1v) is 5.04. The van der Waals surface area contributed by atoms with E-state index in [1.54, 1.807) is 12.2 Å². The van der Waals surface area contributed by atoms with Gasteiger partial charge in [-0.05, 0) is 31.1 Å². The summed E-state index contributed by atoms with van der Waals surface area (Å²) in [5, 5.41) is 0. The maximum atomic E-state index is 11.1. The molecule has 2 rings (SSSR count). The van der Waals surface area contributed by atoms with E-state index in [0.29, 0.717) is 6.42 Å². The number of ether oxygens (including phenoxy) is 2. The lowest BCUT2D eigenvalue weighted by Gasteiger charge is -2.12. The Labute approximate surface area is 83.4 Å². The predicted octanol–water partition coefficient (Wildman–Crippen LogP) is 1.94. The molecule has 1 aliphatic carbocycles. The zero-order chi connectivity index (χ0) is 9.80. The third kappa shape index (κ3) is 2.45. The van der Waals surface area contributed by atoms with Crippen LogP contribution in [0, 0.1) is 0 Å². The number of carbonyl (C=O) groups is 1. The van der Waals surface area contributed by atoms with E-state index in [1.807, 2.05) is 6.08 Å². The molecule has 0 N–H and O–H groups in total. The van der Waals surface area contributed by atoms with Gasteiger partial charge in [0, 0.05) is 12.8 Å². The number of rotatable bonds is 2. The second kappa shape index (κ2) is 4.42. The predicted molar refractivity (Wildman–Crippen MR) is 51.5 cm³/mol. The number of hydrogen-bond donors (Lipinski definition) is 0. The summed E-state index contributed by atoms with van der Waals surface area (Å²) >= 11 is 0. The fourth-order valence-electron chi connectivity index (χ4n) is 1.56. The van der Waals surface area contributed by atoms with E-state index >= 15 is 0 Å². The van der Waals surface area contributed by atoms with Crippen molar-refractivity contribution >= 4 is 5.78 Å². The molecular weight excluding hydrogens is 180 g/mol. The molecule has 3 nitrogen and oxygen atoms in total. The molecule has 1 unspecified atom stereocenters. The van der Waals surface area contributed by atoms with E-state index in [1.165, 1.54) is 0 Å². The van der Waals surface area contributed by atoms with Crippen LogP contribution < -0.4 is 0 Å². The summed E-state index contributed by atoms with van der Waals surface area (Å²) in [6.07, 6.45) is 8.48. The van der Waals surface area contributed by atoms with Gasteiger partial charge in [0.05, 0.1) is 6.61 Å². The maximum Gasteiger partial charge on any atom is 0.199 e. The molecule has 0 amide bonds. The molecule has 1 heterocycles. The molecule has 0 aromatic heterocycles. The van der Waals surface area contributed by atoms with Gasteiger partial charge in [0.25, 0.3) is 0 Å². The Morgan fingerprint density at radius 2 is 2.36 bits per heavy atom. The highest BCUT2D eigenvalue weighted by Gasteiger charge is 2.17. The summed E-state index contributed by atoms with van der Waals surface area (Å²) in [4.78, 5) is 11.1. The molecule has 0 aromatic rings. The van der Waals surface area contributed by atoms with E-state index < -0.39 is 0 Å². The van der Waals surface area contributed by atoms with Crippen molar-refractivity contribution in [2.24, 2.45) is 0 Å². The molecule has 0 aromatic carbocycles. The lowest BCUT2D eigenvalue weighted by Crippen LogP contribution is -2.09. The molecular formula is C11H14O3. The van der Waals surface area contributed by atoms with Crippen LogP contribution in [0.3, 0.4) is 0 Å². The topological polar surface area (TPSA) is 35.5 Å². The normalized spacial score (nSPS) is 27.3. The molecule has 1 fully saturated rings. The van der Waals surface area contributed by atoms with E-state index in [2.05, 4.69) is 0 Å². The molecule has 1 aliphatic heterocycles. The second-order valence-electron chi connectivity index (χ2n) is 3.51. The molecule has 76 valence electrons. The minimum atomic E-state index is -0.112. The average Bonchev–Trinajstić information content (AvgIpc) is 2.58. The largest absolute Gasteiger partial charge is 0.465 e. The van der Waals surface area contributed by atoms with Gasteiger partial charge in [-0.2, -0.15) is 0 Å². The van der Waals surface area contributed by atoms with Crippen molar-refractivity contribution in [3.63, 3.8) is 0 Å². The van der Waals surface area contributed by atoms with Crippen LogP contribution in [0.5, 0.6) is 0 Å². The number of carbonyl (C=O) groups excluding carboxylic acids is 1. The Kier molecular flexibility index (Phi) is 2.99. The molecule has 0 spiro atoms. The van der Waals surface area contributed by atoms with Gasteiger partial charge in [0.15, 0.2) is 12.1 Å². The Morgan fingerprint density at radius 3 is 3.14 bits per heavy atom. The highest BCUT2D eigenvalue weighted by Crippen LogP contribution is 2.19. The van der Waals surface area contributed by atoms with Crippen molar-refractivity contribution in [2.75, 3.05) is 6.61 Å². The van der Waals surface area contributed by atoms with Gasteiger partial charge in [0.2, 0.25) is 0 Å². The molecule has 2 aliphatic rings. The minimum Gasteiger partial charge on any atom is -0.465 e. The highest BCUT2D eigenvalue weighted by atomic mass is 16.7. The lowest BCUT2D eigenvalue weighted by molar-refractivity contribution is -0.114. The van der Waals surface area contributed by atoms with Crippen molar-refractivity contribution in [3.8, 4) is 0 Å². The van der Waals surface area contributed by atoms with Crippen LogP contribution in [0.15, 0.2) is 24.0 Å². The van der Waals surface area contributed by atoms with E-state index in [9.17, 15) is 4.79 Å². The summed E-state index contributed by atoms with van der Waals surface area (Å²) in [6.45, 7) is 0.778. The number of ketones is 1. The highest BCUT2D eigenvalue weighted by molar-refractivity contribution is 5.90. The van der Waals surface area contributed by atoms with E-state index in [4.69, 9.17) is 9.47 Å². The summed E-state index contributed by atoms with van der Waals surface area (Å²) in [7, 11) is 0. The SMILES string of the molecule is O=C1C=CC(OC2CCCO2)=CCC1. The van der Waals surface area contributed by atoms with Crippen molar-refractivity contribution in [2.45, 2.75) is 32.0 Å². The summed E-state index contributed by atoms with van der Waals surface area (Å²) < 4.78 is 10.9. The van der Waals surface area contributed by atoms with Gasteiger partial charge in [-0.1, -0.05) is 0 Å². The maximum absolute atomic E-state index is 11.1. The van der Waals surface area contributed by atoms with Gasteiger partial charge in [-0.3, -0.25) is 4.79 Å². The fraction of sp³-hybridized carbons (Fsp3) is 0.545. The first-order chi connectivity index (χ1) is 6.84. The van der Waals surface area contributed by atoms with Crippen LogP contribution >= 0.6 is 0 Å². The summed E-state index contributed by atoms with van der Waals surface area (Å²) in [5.41, 5.74) is 0. The summed E-state index contributed by atoms with van der Waals surface area (Å²) in [6, 6.07) is 0. The van der Waals surface area contributed by atoms with Crippen molar-refractivity contribution in [3.05, 3.63) is 24.0 Å². The Hall–Kier alpha value is -1.09. The Balaban J connectivity index is 1.92.